The predicted molar refractivity (Wildman–Crippen MR) is 77.2 cm³/mol. The molecule has 2 aliphatic carbocycles. The Bertz CT molecular complexity index is 555. The largest absolute Gasteiger partial charge is 0.0617 e. The van der Waals surface area contributed by atoms with E-state index in [0.717, 1.165) is 19.3 Å². The van der Waals surface area contributed by atoms with Gasteiger partial charge in [-0.25, -0.2) is 0 Å². The van der Waals surface area contributed by atoms with Crippen LogP contribution in [-0.4, -0.2) is 0 Å². The number of rotatable bonds is 0. The monoisotopic (exact) mass is 236 g/mol. The summed E-state index contributed by atoms with van der Waals surface area (Å²) in [4.78, 5) is 0. The quantitative estimate of drug-likeness (QED) is 0.643. The minimum absolute atomic E-state index is 1.16. The number of hydrogen-bond donors (Lipinski definition) is 0. The van der Waals surface area contributed by atoms with Crippen molar-refractivity contribution in [3.8, 4) is 0 Å². The second-order valence-corrected chi connectivity index (χ2v) is 5.53. The van der Waals surface area contributed by atoms with Crippen molar-refractivity contribution in [2.24, 2.45) is 0 Å². The Labute approximate surface area is 110 Å². The number of fused-ring (bicyclic) bond motifs is 4. The highest BCUT2D eigenvalue weighted by Gasteiger charge is 2.08. The van der Waals surface area contributed by atoms with Crippen LogP contribution in [0.2, 0.25) is 0 Å². The molecule has 4 rings (SSSR count). The minimum Gasteiger partial charge on any atom is -0.0617 e. The summed E-state index contributed by atoms with van der Waals surface area (Å²) < 4.78 is 0. The van der Waals surface area contributed by atoms with Crippen LogP contribution in [-0.2, 0) is 25.7 Å². The van der Waals surface area contributed by atoms with Crippen LogP contribution in [0, 0.1) is 13.8 Å². The molecule has 0 unspecified atom stereocenters. The lowest BCUT2D eigenvalue weighted by molar-refractivity contribution is 0.936. The van der Waals surface area contributed by atoms with Gasteiger partial charge in [0.05, 0.1) is 0 Å². The Morgan fingerprint density at radius 1 is 0.667 bits per heavy atom. The molecule has 2 aliphatic rings. The van der Waals surface area contributed by atoms with E-state index in [1.54, 1.807) is 5.56 Å². The van der Waals surface area contributed by atoms with Crippen LogP contribution < -0.4 is 0 Å². The zero-order valence-electron chi connectivity index (χ0n) is 11.3. The third-order valence-electron chi connectivity index (χ3n) is 4.11. The van der Waals surface area contributed by atoms with Crippen LogP contribution in [0.1, 0.15) is 33.4 Å². The average Bonchev–Trinajstić information content (AvgIpc) is 2.38. The van der Waals surface area contributed by atoms with E-state index in [4.69, 9.17) is 0 Å². The van der Waals surface area contributed by atoms with Crippen molar-refractivity contribution in [3.05, 3.63) is 69.8 Å². The number of hydrogen-bond acceptors (Lipinski definition) is 0. The van der Waals surface area contributed by atoms with Crippen LogP contribution in [0.4, 0.5) is 0 Å². The Balaban J connectivity index is 2.07. The van der Waals surface area contributed by atoms with Crippen molar-refractivity contribution in [3.63, 3.8) is 0 Å². The second kappa shape index (κ2) is 4.61. The van der Waals surface area contributed by atoms with Crippen LogP contribution in [0.15, 0.2) is 36.4 Å². The fraction of sp³-hybridized carbons (Fsp3) is 0.333. The third-order valence-corrected chi connectivity index (χ3v) is 4.11. The standard InChI is InChI=1S/C18H20/c1-13-10-17-7-6-15-4-3-5-16(12-15)8-9-18(13)14(2)11-17/h3-5,10-12H,6-9H2,1-2H3. The van der Waals surface area contributed by atoms with E-state index in [0.29, 0.717) is 0 Å². The molecule has 0 spiro atoms. The fourth-order valence-electron chi connectivity index (χ4n) is 3.12. The van der Waals surface area contributed by atoms with E-state index in [-0.39, 0.29) is 0 Å². The average molecular weight is 236 g/mol. The van der Waals surface area contributed by atoms with Gasteiger partial charge in [0.2, 0.25) is 0 Å². The maximum Gasteiger partial charge on any atom is -0.0233 e. The topological polar surface area (TPSA) is 0 Å². The molecule has 92 valence electrons. The Hall–Kier alpha value is -1.56. The molecule has 0 heteroatoms. The Morgan fingerprint density at radius 3 is 1.89 bits per heavy atom. The van der Waals surface area contributed by atoms with Gasteiger partial charge < -0.3 is 0 Å². The van der Waals surface area contributed by atoms with Crippen molar-refractivity contribution >= 4 is 0 Å². The lowest BCUT2D eigenvalue weighted by Crippen LogP contribution is -1.98. The second-order valence-electron chi connectivity index (χ2n) is 5.53. The molecule has 0 saturated carbocycles. The van der Waals surface area contributed by atoms with Crippen molar-refractivity contribution in [2.45, 2.75) is 39.5 Å². The molecule has 0 heterocycles. The normalized spacial score (nSPS) is 14.3. The highest BCUT2D eigenvalue weighted by molar-refractivity contribution is 5.40. The smallest absolute Gasteiger partial charge is 0.0233 e. The highest BCUT2D eigenvalue weighted by Crippen LogP contribution is 2.22. The zero-order chi connectivity index (χ0) is 12.5. The first-order valence-corrected chi connectivity index (χ1v) is 6.89. The molecule has 0 N–H and O–H groups in total. The molecule has 0 radical (unpaired) electrons. The molecule has 2 aromatic rings. The van der Waals surface area contributed by atoms with Gasteiger partial charge in [0.25, 0.3) is 0 Å². The number of aryl methyl sites for hydroxylation is 5. The first-order valence-electron chi connectivity index (χ1n) is 6.89. The van der Waals surface area contributed by atoms with Crippen LogP contribution in [0.25, 0.3) is 0 Å². The van der Waals surface area contributed by atoms with Crippen LogP contribution in [0.3, 0.4) is 0 Å². The Kier molecular flexibility index (Phi) is 2.95. The van der Waals surface area contributed by atoms with Gasteiger partial charge in [-0.1, -0.05) is 36.4 Å². The molecule has 0 amide bonds. The SMILES string of the molecule is Cc1cc2cc(C)c1CCc1cccc(c1)CC2. The van der Waals surface area contributed by atoms with Crippen molar-refractivity contribution in [1.29, 1.82) is 0 Å². The Morgan fingerprint density at radius 2 is 1.22 bits per heavy atom. The van der Waals surface area contributed by atoms with Gasteiger partial charge in [0.1, 0.15) is 0 Å². The van der Waals surface area contributed by atoms with Crippen molar-refractivity contribution in [2.75, 3.05) is 0 Å². The molecule has 0 nitrogen and oxygen atoms in total. The molecule has 4 bridgehead atoms. The first-order chi connectivity index (χ1) is 8.72. The summed E-state index contributed by atoms with van der Waals surface area (Å²) in [6.45, 7) is 4.53. The fourth-order valence-corrected chi connectivity index (χ4v) is 3.12. The van der Waals surface area contributed by atoms with E-state index in [1.807, 2.05) is 0 Å². The maximum absolute atomic E-state index is 2.39. The van der Waals surface area contributed by atoms with E-state index in [9.17, 15) is 0 Å². The molecule has 0 aromatic heterocycles. The summed E-state index contributed by atoms with van der Waals surface area (Å²) in [5.41, 5.74) is 8.94. The lowest BCUT2D eigenvalue weighted by atomic mass is 9.94. The van der Waals surface area contributed by atoms with Gasteiger partial charge in [0, 0.05) is 0 Å². The summed E-state index contributed by atoms with van der Waals surface area (Å²) >= 11 is 0. The molecule has 18 heavy (non-hydrogen) atoms. The van der Waals surface area contributed by atoms with E-state index in [1.165, 1.54) is 34.2 Å². The first kappa shape index (κ1) is 11.5. The summed E-state index contributed by atoms with van der Waals surface area (Å²) in [5, 5.41) is 0. The highest BCUT2D eigenvalue weighted by atomic mass is 14.1. The molecule has 2 aromatic carbocycles. The maximum atomic E-state index is 2.39. The molecular formula is C18H20. The van der Waals surface area contributed by atoms with Crippen LogP contribution in [0.5, 0.6) is 0 Å². The summed E-state index contributed by atoms with van der Waals surface area (Å²) in [5.74, 6) is 0. The van der Waals surface area contributed by atoms with E-state index >= 15 is 0 Å². The summed E-state index contributed by atoms with van der Waals surface area (Å²) in [6, 6.07) is 13.9. The molecule has 0 atom stereocenters. The zero-order valence-corrected chi connectivity index (χ0v) is 11.3. The lowest BCUT2D eigenvalue weighted by Gasteiger charge is -2.11. The van der Waals surface area contributed by atoms with Gasteiger partial charge in [0.15, 0.2) is 0 Å². The van der Waals surface area contributed by atoms with E-state index < -0.39 is 0 Å². The van der Waals surface area contributed by atoms with Gasteiger partial charge >= 0.3 is 0 Å². The van der Waals surface area contributed by atoms with Gasteiger partial charge in [-0.15, -0.1) is 0 Å². The minimum atomic E-state index is 1.16. The third kappa shape index (κ3) is 2.20. The van der Waals surface area contributed by atoms with Crippen LogP contribution >= 0.6 is 0 Å². The van der Waals surface area contributed by atoms with Gasteiger partial charge in [-0.05, 0) is 72.9 Å². The summed E-state index contributed by atoms with van der Waals surface area (Å²) in [6.07, 6.45) is 4.65. The predicted octanol–water partition coefficient (Wildman–Crippen LogP) is 4.19. The van der Waals surface area contributed by atoms with Gasteiger partial charge in [-0.2, -0.15) is 0 Å². The van der Waals surface area contributed by atoms with E-state index in [2.05, 4.69) is 50.2 Å². The summed E-state index contributed by atoms with van der Waals surface area (Å²) in [7, 11) is 0. The molecular weight excluding hydrogens is 216 g/mol. The number of benzene rings is 2. The molecule has 0 aliphatic heterocycles. The van der Waals surface area contributed by atoms with Crippen molar-refractivity contribution < 1.29 is 0 Å². The van der Waals surface area contributed by atoms with Crippen molar-refractivity contribution in [1.82, 2.24) is 0 Å². The molecule has 0 fully saturated rings. The van der Waals surface area contributed by atoms with Gasteiger partial charge in [-0.3, -0.25) is 0 Å². The molecule has 0 saturated heterocycles.